The van der Waals surface area contributed by atoms with Gasteiger partial charge in [-0.25, -0.2) is 9.87 Å². The van der Waals surface area contributed by atoms with Crippen molar-refractivity contribution in [1.29, 1.82) is 0 Å². The Morgan fingerprint density at radius 2 is 2.08 bits per heavy atom. The lowest BCUT2D eigenvalue weighted by molar-refractivity contribution is -0.132. The molecule has 0 saturated heterocycles. The van der Waals surface area contributed by atoms with Crippen LogP contribution in [0.25, 0.3) is 0 Å². The minimum atomic E-state index is -0.289. The molecule has 13 heavy (non-hydrogen) atoms. The Morgan fingerprint density at radius 1 is 1.46 bits per heavy atom. The fourth-order valence-electron chi connectivity index (χ4n) is 0.802. The molecule has 1 rings (SSSR count). The summed E-state index contributed by atoms with van der Waals surface area (Å²) in [6, 6.07) is 5.87. The zero-order chi connectivity index (χ0) is 9.68. The molecule has 0 heterocycles. The summed E-state index contributed by atoms with van der Waals surface area (Å²) >= 11 is 0. The molecule has 0 spiro atoms. The first-order valence-electron chi connectivity index (χ1n) is 3.81. The van der Waals surface area contributed by atoms with Crippen LogP contribution in [0, 0.1) is 5.82 Å². The summed E-state index contributed by atoms with van der Waals surface area (Å²) in [6.07, 6.45) is 0. The molecule has 0 aliphatic carbocycles. The summed E-state index contributed by atoms with van der Waals surface area (Å²) in [4.78, 5) is 15.2. The van der Waals surface area contributed by atoms with Crippen molar-refractivity contribution in [2.24, 2.45) is 0 Å². The molecular weight excluding hydrogens is 173 g/mol. The topological polar surface area (TPSA) is 38.3 Å². The zero-order valence-electron chi connectivity index (χ0n) is 7.21. The zero-order valence-corrected chi connectivity index (χ0v) is 7.21. The van der Waals surface area contributed by atoms with Gasteiger partial charge in [-0.1, -0.05) is 12.1 Å². The van der Waals surface area contributed by atoms with Gasteiger partial charge < -0.3 is 0 Å². The lowest BCUT2D eigenvalue weighted by Crippen LogP contribution is -2.19. The molecule has 0 aliphatic heterocycles. The van der Waals surface area contributed by atoms with Gasteiger partial charge in [-0.3, -0.25) is 9.63 Å². The van der Waals surface area contributed by atoms with Crippen molar-refractivity contribution < 1.29 is 14.0 Å². The highest BCUT2D eigenvalue weighted by Crippen LogP contribution is 2.02. The van der Waals surface area contributed by atoms with Crippen LogP contribution in [0.4, 0.5) is 4.39 Å². The van der Waals surface area contributed by atoms with Gasteiger partial charge >= 0.3 is 0 Å². The average molecular weight is 183 g/mol. The molecule has 1 N–H and O–H groups in total. The number of benzene rings is 1. The van der Waals surface area contributed by atoms with Gasteiger partial charge in [-0.2, -0.15) is 0 Å². The van der Waals surface area contributed by atoms with Crippen LogP contribution >= 0.6 is 0 Å². The predicted octanol–water partition coefficient (Wildman–Crippen LogP) is 1.39. The number of hydrogen-bond acceptors (Lipinski definition) is 2. The van der Waals surface area contributed by atoms with E-state index in [1.165, 1.54) is 19.1 Å². The molecule has 0 saturated carbocycles. The van der Waals surface area contributed by atoms with Crippen molar-refractivity contribution in [3.8, 4) is 0 Å². The SMILES string of the molecule is CC(=O)NOCc1ccc(F)cc1. The van der Waals surface area contributed by atoms with Crippen LogP contribution in [-0.2, 0) is 16.2 Å². The minimum Gasteiger partial charge on any atom is -0.273 e. The third kappa shape index (κ3) is 3.66. The van der Waals surface area contributed by atoms with E-state index < -0.39 is 0 Å². The molecule has 0 unspecified atom stereocenters. The molecule has 0 aliphatic rings. The first-order valence-corrected chi connectivity index (χ1v) is 3.81. The average Bonchev–Trinajstić information content (AvgIpc) is 2.08. The van der Waals surface area contributed by atoms with E-state index in [0.29, 0.717) is 0 Å². The number of hydrogen-bond donors (Lipinski definition) is 1. The lowest BCUT2D eigenvalue weighted by atomic mass is 10.2. The normalized spacial score (nSPS) is 9.69. The summed E-state index contributed by atoms with van der Waals surface area (Å²) in [5, 5.41) is 0. The summed E-state index contributed by atoms with van der Waals surface area (Å²) in [6.45, 7) is 1.59. The van der Waals surface area contributed by atoms with Crippen molar-refractivity contribution in [1.82, 2.24) is 5.48 Å². The molecule has 0 atom stereocenters. The third-order valence-electron chi connectivity index (χ3n) is 1.37. The Hall–Kier alpha value is -1.42. The second-order valence-electron chi connectivity index (χ2n) is 2.57. The van der Waals surface area contributed by atoms with E-state index in [-0.39, 0.29) is 18.3 Å². The van der Waals surface area contributed by atoms with Crippen LogP contribution in [0.15, 0.2) is 24.3 Å². The Kier molecular flexibility index (Phi) is 3.40. The minimum absolute atomic E-state index is 0.236. The van der Waals surface area contributed by atoms with Gasteiger partial charge in [0.1, 0.15) is 5.82 Å². The number of hydroxylamine groups is 1. The molecular formula is C9H10FNO2. The van der Waals surface area contributed by atoms with Gasteiger partial charge in [0.05, 0.1) is 6.61 Å². The number of rotatable bonds is 3. The molecule has 4 heteroatoms. The Bertz CT molecular complexity index is 284. The molecule has 0 bridgehead atoms. The molecule has 0 radical (unpaired) electrons. The third-order valence-corrected chi connectivity index (χ3v) is 1.37. The highest BCUT2D eigenvalue weighted by atomic mass is 19.1. The van der Waals surface area contributed by atoms with E-state index in [4.69, 9.17) is 4.84 Å². The van der Waals surface area contributed by atoms with Gasteiger partial charge in [0.2, 0.25) is 5.91 Å². The van der Waals surface area contributed by atoms with Crippen LogP contribution in [-0.4, -0.2) is 5.91 Å². The fourth-order valence-corrected chi connectivity index (χ4v) is 0.802. The second-order valence-corrected chi connectivity index (χ2v) is 2.57. The summed E-state index contributed by atoms with van der Waals surface area (Å²) in [5.74, 6) is -0.551. The van der Waals surface area contributed by atoms with E-state index in [2.05, 4.69) is 5.48 Å². The molecule has 3 nitrogen and oxygen atoms in total. The molecule has 70 valence electrons. The molecule has 1 amide bonds. The van der Waals surface area contributed by atoms with E-state index in [9.17, 15) is 9.18 Å². The number of halogens is 1. The monoisotopic (exact) mass is 183 g/mol. The standard InChI is InChI=1S/C9H10FNO2/c1-7(12)11-13-6-8-2-4-9(10)5-3-8/h2-5H,6H2,1H3,(H,11,12). The van der Waals surface area contributed by atoms with E-state index in [1.54, 1.807) is 12.1 Å². The van der Waals surface area contributed by atoms with Gasteiger partial charge in [0.15, 0.2) is 0 Å². The van der Waals surface area contributed by atoms with Gasteiger partial charge in [-0.05, 0) is 17.7 Å². The van der Waals surface area contributed by atoms with Crippen LogP contribution < -0.4 is 5.48 Å². The highest BCUT2D eigenvalue weighted by Gasteiger charge is 1.94. The van der Waals surface area contributed by atoms with Crippen molar-refractivity contribution in [2.45, 2.75) is 13.5 Å². The Labute approximate surface area is 75.5 Å². The van der Waals surface area contributed by atoms with E-state index in [0.717, 1.165) is 5.56 Å². The fraction of sp³-hybridized carbons (Fsp3) is 0.222. The number of nitrogens with one attached hydrogen (secondary N) is 1. The number of carbonyl (C=O) groups is 1. The molecule has 1 aromatic rings. The maximum absolute atomic E-state index is 12.4. The first-order chi connectivity index (χ1) is 6.18. The number of amides is 1. The maximum Gasteiger partial charge on any atom is 0.240 e. The van der Waals surface area contributed by atoms with Gasteiger partial charge in [0, 0.05) is 6.92 Å². The molecule has 1 aromatic carbocycles. The van der Waals surface area contributed by atoms with E-state index in [1.807, 2.05) is 0 Å². The van der Waals surface area contributed by atoms with Gasteiger partial charge in [0.25, 0.3) is 0 Å². The molecule has 0 fully saturated rings. The van der Waals surface area contributed by atoms with Gasteiger partial charge in [-0.15, -0.1) is 0 Å². The largest absolute Gasteiger partial charge is 0.273 e. The quantitative estimate of drug-likeness (QED) is 0.719. The lowest BCUT2D eigenvalue weighted by Gasteiger charge is -2.02. The summed E-state index contributed by atoms with van der Waals surface area (Å²) < 4.78 is 12.4. The maximum atomic E-state index is 12.4. The van der Waals surface area contributed by atoms with Crippen LogP contribution in [0.5, 0.6) is 0 Å². The van der Waals surface area contributed by atoms with Crippen LogP contribution in [0.3, 0.4) is 0 Å². The Balaban J connectivity index is 2.37. The van der Waals surface area contributed by atoms with Crippen molar-refractivity contribution >= 4 is 5.91 Å². The van der Waals surface area contributed by atoms with E-state index >= 15 is 0 Å². The van der Waals surface area contributed by atoms with Crippen molar-refractivity contribution in [2.75, 3.05) is 0 Å². The highest BCUT2D eigenvalue weighted by molar-refractivity contribution is 5.71. The first kappa shape index (κ1) is 9.67. The second kappa shape index (κ2) is 4.57. The molecule has 0 aromatic heterocycles. The number of carbonyl (C=O) groups excluding carboxylic acids is 1. The van der Waals surface area contributed by atoms with Crippen molar-refractivity contribution in [3.63, 3.8) is 0 Å². The Morgan fingerprint density at radius 3 is 2.62 bits per heavy atom. The summed E-state index contributed by atoms with van der Waals surface area (Å²) in [5.41, 5.74) is 2.98. The predicted molar refractivity (Wildman–Crippen MR) is 45.0 cm³/mol. The smallest absolute Gasteiger partial charge is 0.240 e. The summed E-state index contributed by atoms with van der Waals surface area (Å²) in [7, 11) is 0. The van der Waals surface area contributed by atoms with Crippen molar-refractivity contribution in [3.05, 3.63) is 35.6 Å². The van der Waals surface area contributed by atoms with Crippen LogP contribution in [0.1, 0.15) is 12.5 Å². The van der Waals surface area contributed by atoms with Crippen LogP contribution in [0.2, 0.25) is 0 Å².